The van der Waals surface area contributed by atoms with Crippen LogP contribution in [-0.2, 0) is 28.3 Å². The van der Waals surface area contributed by atoms with Crippen molar-refractivity contribution in [3.05, 3.63) is 0 Å². The Labute approximate surface area is 153 Å². The van der Waals surface area contributed by atoms with Gasteiger partial charge in [0.15, 0.2) is 0 Å². The van der Waals surface area contributed by atoms with E-state index in [2.05, 4.69) is 9.84 Å². The normalized spacial score (nSPS) is 15.1. The topological polar surface area (TPSA) is 223 Å². The van der Waals surface area contributed by atoms with Gasteiger partial charge in [-0.25, -0.2) is 9.65 Å². The molecule has 0 aliphatic carbocycles. The molecule has 14 heteroatoms. The molecule has 0 heterocycles. The molecule has 0 aromatic carbocycles. The maximum Gasteiger partial charge on any atom is 0.403 e. The number of carbonyl (C=O) groups is 4. The molecular formula is C13H22N3O10P. The zero-order chi connectivity index (χ0) is 21.0. The molecular weight excluding hydrogens is 389 g/mol. The number of aliphatic carboxylic acids is 3. The monoisotopic (exact) mass is 411 g/mol. The Morgan fingerprint density at radius 3 is 2.19 bits per heavy atom. The third-order valence-electron chi connectivity index (χ3n) is 3.16. The van der Waals surface area contributed by atoms with E-state index >= 15 is 0 Å². The van der Waals surface area contributed by atoms with Gasteiger partial charge in [0.1, 0.15) is 6.04 Å². The standard InChI is InChI=1S/C13H22N3O10P/c14-7-8(12(20)21)1-3-10(17)15-5-6-26-27(24,25)16-9(13(22)23)2-4-11(18)19/h7-9,14H,1-6H2,(H,15,17)(H,18,19)(H,20,21)(H,22,23)(H2,16,24,25)/t8-,9+/m1/s1. The van der Waals surface area contributed by atoms with Gasteiger partial charge in [0.25, 0.3) is 0 Å². The number of amides is 1. The number of rotatable bonds is 15. The minimum Gasteiger partial charge on any atom is -0.481 e. The van der Waals surface area contributed by atoms with E-state index in [-0.39, 0.29) is 19.4 Å². The first kappa shape index (κ1) is 24.7. The molecule has 0 saturated carbocycles. The fourth-order valence-corrected chi connectivity index (χ4v) is 2.80. The van der Waals surface area contributed by atoms with Gasteiger partial charge in [-0.3, -0.25) is 23.7 Å². The van der Waals surface area contributed by atoms with Crippen LogP contribution in [0.2, 0.25) is 0 Å². The summed E-state index contributed by atoms with van der Waals surface area (Å²) < 4.78 is 16.4. The van der Waals surface area contributed by atoms with Crippen LogP contribution in [0, 0.1) is 11.3 Å². The number of hydrogen-bond donors (Lipinski definition) is 7. The number of carboxylic acids is 3. The molecule has 0 aromatic heterocycles. The Hall–Kier alpha value is -2.34. The average molecular weight is 411 g/mol. The van der Waals surface area contributed by atoms with Crippen LogP contribution in [0.4, 0.5) is 0 Å². The third-order valence-corrected chi connectivity index (χ3v) is 4.33. The van der Waals surface area contributed by atoms with E-state index in [1.807, 2.05) is 5.09 Å². The lowest BCUT2D eigenvalue weighted by Crippen LogP contribution is -2.36. The predicted molar refractivity (Wildman–Crippen MR) is 89.4 cm³/mol. The number of nitrogens with one attached hydrogen (secondary N) is 3. The van der Waals surface area contributed by atoms with Crippen molar-refractivity contribution in [2.75, 3.05) is 13.2 Å². The van der Waals surface area contributed by atoms with Crippen molar-refractivity contribution in [2.45, 2.75) is 31.7 Å². The molecule has 0 spiro atoms. The summed E-state index contributed by atoms with van der Waals surface area (Å²) in [6.45, 7) is -0.662. The summed E-state index contributed by atoms with van der Waals surface area (Å²) in [4.78, 5) is 53.1. The second-order valence-electron chi connectivity index (χ2n) is 5.31. The van der Waals surface area contributed by atoms with Crippen LogP contribution in [0.25, 0.3) is 0 Å². The van der Waals surface area contributed by atoms with Crippen LogP contribution in [-0.4, -0.2) is 69.4 Å². The highest BCUT2D eigenvalue weighted by molar-refractivity contribution is 7.50. The lowest BCUT2D eigenvalue weighted by Gasteiger charge is -2.18. The Balaban J connectivity index is 4.26. The molecule has 0 rings (SSSR count). The first-order chi connectivity index (χ1) is 12.5. The lowest BCUT2D eigenvalue weighted by atomic mass is 10.1. The first-order valence-corrected chi connectivity index (χ1v) is 9.26. The largest absolute Gasteiger partial charge is 0.481 e. The van der Waals surface area contributed by atoms with Gasteiger partial charge in [-0.15, -0.1) is 0 Å². The van der Waals surface area contributed by atoms with Crippen LogP contribution in [0.1, 0.15) is 25.7 Å². The molecule has 154 valence electrons. The van der Waals surface area contributed by atoms with E-state index in [1.165, 1.54) is 0 Å². The SMILES string of the molecule is N=C[C@@H](CCC(=O)NCCOP(=O)(O)N[C@@H](CCC(=O)O)C(=O)O)C(=O)O. The van der Waals surface area contributed by atoms with Crippen molar-refractivity contribution in [3.8, 4) is 0 Å². The van der Waals surface area contributed by atoms with E-state index < -0.39 is 63.0 Å². The summed E-state index contributed by atoms with van der Waals surface area (Å²) >= 11 is 0. The van der Waals surface area contributed by atoms with E-state index in [9.17, 15) is 28.6 Å². The molecule has 0 radical (unpaired) electrons. The highest BCUT2D eigenvalue weighted by Crippen LogP contribution is 2.37. The summed E-state index contributed by atoms with van der Waals surface area (Å²) in [5.74, 6) is -5.68. The van der Waals surface area contributed by atoms with Crippen LogP contribution >= 0.6 is 7.75 Å². The number of hydrogen-bond acceptors (Lipinski definition) is 7. The van der Waals surface area contributed by atoms with Crippen molar-refractivity contribution in [1.82, 2.24) is 10.4 Å². The van der Waals surface area contributed by atoms with E-state index in [4.69, 9.17) is 20.7 Å². The van der Waals surface area contributed by atoms with Crippen LogP contribution < -0.4 is 10.4 Å². The minimum atomic E-state index is -4.55. The molecule has 27 heavy (non-hydrogen) atoms. The van der Waals surface area contributed by atoms with Gasteiger partial charge in [-0.05, 0) is 12.8 Å². The Bertz CT molecular complexity index is 611. The van der Waals surface area contributed by atoms with Gasteiger partial charge in [0.05, 0.1) is 12.5 Å². The Morgan fingerprint density at radius 2 is 1.70 bits per heavy atom. The molecule has 3 atom stereocenters. The molecule has 0 fully saturated rings. The third kappa shape index (κ3) is 11.8. The predicted octanol–water partition coefficient (Wildman–Crippen LogP) is -0.742. The fourth-order valence-electron chi connectivity index (χ4n) is 1.76. The summed E-state index contributed by atoms with van der Waals surface area (Å²) in [5, 5.41) is 37.2. The molecule has 0 bridgehead atoms. The van der Waals surface area contributed by atoms with Crippen molar-refractivity contribution >= 4 is 37.8 Å². The lowest BCUT2D eigenvalue weighted by molar-refractivity contribution is -0.141. The maximum absolute atomic E-state index is 11.8. The summed E-state index contributed by atoms with van der Waals surface area (Å²) in [5.41, 5.74) is 0. The van der Waals surface area contributed by atoms with Crippen LogP contribution in [0.3, 0.4) is 0 Å². The van der Waals surface area contributed by atoms with Gasteiger partial charge in [0, 0.05) is 25.6 Å². The second kappa shape index (κ2) is 12.1. The van der Waals surface area contributed by atoms with Gasteiger partial charge in [0.2, 0.25) is 5.91 Å². The highest BCUT2D eigenvalue weighted by atomic mass is 31.2. The van der Waals surface area contributed by atoms with Gasteiger partial charge < -0.3 is 30.9 Å². The quantitative estimate of drug-likeness (QED) is 0.101. The van der Waals surface area contributed by atoms with Gasteiger partial charge >= 0.3 is 25.7 Å². The van der Waals surface area contributed by atoms with E-state index in [1.54, 1.807) is 0 Å². The number of carboxylic acid groups (broad SMARTS) is 3. The molecule has 0 aromatic rings. The second-order valence-corrected chi connectivity index (χ2v) is 6.86. The molecule has 0 saturated heterocycles. The molecule has 0 aliphatic heterocycles. The average Bonchev–Trinajstić information content (AvgIpc) is 2.55. The van der Waals surface area contributed by atoms with Crippen molar-refractivity contribution in [2.24, 2.45) is 5.92 Å². The summed E-state index contributed by atoms with van der Waals surface area (Å²) in [6.07, 6.45) is -0.539. The molecule has 0 aliphatic rings. The minimum absolute atomic E-state index is 0.0879. The van der Waals surface area contributed by atoms with E-state index in [0.29, 0.717) is 6.21 Å². The van der Waals surface area contributed by atoms with Gasteiger partial charge in [-0.2, -0.15) is 0 Å². The molecule has 13 nitrogen and oxygen atoms in total. The molecule has 7 N–H and O–H groups in total. The van der Waals surface area contributed by atoms with Crippen LogP contribution in [0.15, 0.2) is 0 Å². The van der Waals surface area contributed by atoms with Gasteiger partial charge in [-0.1, -0.05) is 0 Å². The zero-order valence-corrected chi connectivity index (χ0v) is 15.1. The smallest absolute Gasteiger partial charge is 0.403 e. The summed E-state index contributed by atoms with van der Waals surface area (Å²) in [6, 6.07) is -1.61. The maximum atomic E-state index is 11.8. The molecule has 1 unspecified atom stereocenters. The van der Waals surface area contributed by atoms with Crippen molar-refractivity contribution < 1.29 is 48.5 Å². The highest BCUT2D eigenvalue weighted by Gasteiger charge is 2.29. The molecule has 1 amide bonds. The first-order valence-electron chi connectivity index (χ1n) is 7.68. The van der Waals surface area contributed by atoms with Crippen molar-refractivity contribution in [1.29, 1.82) is 5.41 Å². The zero-order valence-electron chi connectivity index (χ0n) is 14.2. The van der Waals surface area contributed by atoms with Crippen molar-refractivity contribution in [3.63, 3.8) is 0 Å². The number of carbonyl (C=O) groups excluding carboxylic acids is 1. The fraction of sp³-hybridized carbons (Fsp3) is 0.615. The Kier molecular flexibility index (Phi) is 11.1. The van der Waals surface area contributed by atoms with Crippen LogP contribution in [0.5, 0.6) is 0 Å². The van der Waals surface area contributed by atoms with E-state index in [0.717, 1.165) is 0 Å². The summed E-state index contributed by atoms with van der Waals surface area (Å²) in [7, 11) is -4.55. The Morgan fingerprint density at radius 1 is 1.07 bits per heavy atom.